The van der Waals surface area contributed by atoms with Crippen LogP contribution in [0, 0.1) is 10.5 Å². The Hall–Kier alpha value is -1.89. The third-order valence-electron chi connectivity index (χ3n) is 3.06. The summed E-state index contributed by atoms with van der Waals surface area (Å²) in [6, 6.07) is 13.7. The molecule has 0 saturated carbocycles. The summed E-state index contributed by atoms with van der Waals surface area (Å²) < 4.78 is 6.42. The first-order chi connectivity index (χ1) is 9.65. The van der Waals surface area contributed by atoms with Gasteiger partial charge in [0, 0.05) is 14.8 Å². The lowest BCUT2D eigenvalue weighted by molar-refractivity contribution is 0.432. The van der Waals surface area contributed by atoms with E-state index in [1.807, 2.05) is 49.4 Å². The van der Waals surface area contributed by atoms with E-state index >= 15 is 0 Å². The number of nitrogen functional groups attached to an aromatic ring is 1. The Morgan fingerprint density at radius 2 is 1.90 bits per heavy atom. The molecule has 5 heteroatoms. The summed E-state index contributed by atoms with van der Waals surface area (Å²) in [6.45, 7) is 2.02. The summed E-state index contributed by atoms with van der Waals surface area (Å²) >= 11 is 2.23. The molecule has 3 aromatic rings. The maximum atomic E-state index is 5.97. The van der Waals surface area contributed by atoms with Crippen LogP contribution in [0.15, 0.2) is 47.0 Å². The SMILES string of the molecule is Cc1ccccc1-c1noc(-c2cc(I)ccc2N)n1. The average molecular weight is 377 g/mol. The fourth-order valence-electron chi connectivity index (χ4n) is 1.98. The monoisotopic (exact) mass is 377 g/mol. The highest BCUT2D eigenvalue weighted by Gasteiger charge is 2.14. The van der Waals surface area contributed by atoms with Gasteiger partial charge in [0.2, 0.25) is 5.82 Å². The van der Waals surface area contributed by atoms with Crippen LogP contribution in [0.25, 0.3) is 22.8 Å². The van der Waals surface area contributed by atoms with Crippen LogP contribution in [0.3, 0.4) is 0 Å². The maximum absolute atomic E-state index is 5.97. The van der Waals surface area contributed by atoms with Gasteiger partial charge in [0.1, 0.15) is 0 Å². The number of hydrogen-bond acceptors (Lipinski definition) is 4. The van der Waals surface area contributed by atoms with E-state index in [-0.39, 0.29) is 0 Å². The van der Waals surface area contributed by atoms with E-state index in [2.05, 4.69) is 32.7 Å². The Morgan fingerprint density at radius 1 is 1.10 bits per heavy atom. The molecule has 20 heavy (non-hydrogen) atoms. The third kappa shape index (κ3) is 2.40. The van der Waals surface area contributed by atoms with Crippen molar-refractivity contribution in [2.75, 3.05) is 5.73 Å². The molecule has 0 atom stereocenters. The van der Waals surface area contributed by atoms with Gasteiger partial charge in [0.25, 0.3) is 5.89 Å². The normalized spacial score (nSPS) is 10.7. The second-order valence-corrected chi connectivity index (χ2v) is 5.72. The number of aryl methyl sites for hydroxylation is 1. The van der Waals surface area contributed by atoms with Crippen LogP contribution in [0.1, 0.15) is 5.56 Å². The standard InChI is InChI=1S/C15H12IN3O/c1-9-4-2-3-5-11(9)14-18-15(20-19-14)12-8-10(16)6-7-13(12)17/h2-8H,17H2,1H3. The van der Waals surface area contributed by atoms with E-state index in [1.54, 1.807) is 0 Å². The molecule has 0 aliphatic rings. The van der Waals surface area contributed by atoms with Crippen LogP contribution in [-0.2, 0) is 0 Å². The second-order valence-electron chi connectivity index (χ2n) is 4.47. The van der Waals surface area contributed by atoms with E-state index in [9.17, 15) is 0 Å². The Morgan fingerprint density at radius 3 is 2.70 bits per heavy atom. The molecule has 1 aromatic heterocycles. The van der Waals surface area contributed by atoms with Gasteiger partial charge in [-0.2, -0.15) is 4.98 Å². The maximum Gasteiger partial charge on any atom is 0.260 e. The Balaban J connectivity index is 2.07. The van der Waals surface area contributed by atoms with E-state index in [0.29, 0.717) is 17.4 Å². The van der Waals surface area contributed by atoms with Crippen LogP contribution >= 0.6 is 22.6 Å². The molecule has 0 amide bonds. The van der Waals surface area contributed by atoms with Crippen molar-refractivity contribution < 1.29 is 4.52 Å². The van der Waals surface area contributed by atoms with Crippen molar-refractivity contribution in [3.05, 3.63) is 51.6 Å². The molecule has 0 spiro atoms. The Labute approximate surface area is 130 Å². The van der Waals surface area contributed by atoms with Crippen molar-refractivity contribution in [2.45, 2.75) is 6.92 Å². The molecule has 0 aliphatic carbocycles. The fraction of sp³-hybridized carbons (Fsp3) is 0.0667. The van der Waals surface area contributed by atoms with E-state index in [1.165, 1.54) is 0 Å². The van der Waals surface area contributed by atoms with Gasteiger partial charge in [-0.3, -0.25) is 0 Å². The minimum Gasteiger partial charge on any atom is -0.398 e. The van der Waals surface area contributed by atoms with Crippen LogP contribution in [0.4, 0.5) is 5.69 Å². The molecule has 2 N–H and O–H groups in total. The van der Waals surface area contributed by atoms with Gasteiger partial charge in [0.05, 0.1) is 5.56 Å². The van der Waals surface area contributed by atoms with E-state index in [4.69, 9.17) is 10.3 Å². The van der Waals surface area contributed by atoms with E-state index < -0.39 is 0 Å². The number of benzene rings is 2. The summed E-state index contributed by atoms with van der Waals surface area (Å²) in [5.41, 5.74) is 9.44. The molecule has 0 radical (unpaired) electrons. The molecule has 0 saturated heterocycles. The molecule has 4 nitrogen and oxygen atoms in total. The van der Waals surface area contributed by atoms with Crippen molar-refractivity contribution in [3.63, 3.8) is 0 Å². The predicted octanol–water partition coefficient (Wildman–Crippen LogP) is 3.90. The summed E-state index contributed by atoms with van der Waals surface area (Å²) in [6.07, 6.45) is 0. The molecular weight excluding hydrogens is 365 g/mol. The van der Waals surface area contributed by atoms with Gasteiger partial charge in [-0.05, 0) is 53.3 Å². The van der Waals surface area contributed by atoms with Crippen molar-refractivity contribution >= 4 is 28.3 Å². The van der Waals surface area contributed by atoms with Crippen LogP contribution in [0.5, 0.6) is 0 Å². The van der Waals surface area contributed by atoms with Crippen molar-refractivity contribution in [2.24, 2.45) is 0 Å². The van der Waals surface area contributed by atoms with Crippen LogP contribution < -0.4 is 5.73 Å². The minimum atomic E-state index is 0.444. The van der Waals surface area contributed by atoms with Crippen LogP contribution in [0.2, 0.25) is 0 Å². The summed E-state index contributed by atoms with van der Waals surface area (Å²) in [4.78, 5) is 4.45. The highest BCUT2D eigenvalue weighted by atomic mass is 127. The first-order valence-corrected chi connectivity index (χ1v) is 7.18. The molecule has 2 aromatic carbocycles. The minimum absolute atomic E-state index is 0.444. The summed E-state index contributed by atoms with van der Waals surface area (Å²) in [7, 11) is 0. The Bertz CT molecular complexity index is 767. The topological polar surface area (TPSA) is 64.9 Å². The largest absolute Gasteiger partial charge is 0.398 e. The first kappa shape index (κ1) is 13.1. The molecule has 0 aliphatic heterocycles. The van der Waals surface area contributed by atoms with Gasteiger partial charge in [-0.1, -0.05) is 29.4 Å². The number of anilines is 1. The molecule has 0 unspecified atom stereocenters. The Kier molecular flexibility index (Phi) is 3.43. The second kappa shape index (κ2) is 5.24. The lowest BCUT2D eigenvalue weighted by Crippen LogP contribution is -1.91. The molecular formula is C15H12IN3O. The number of nitrogens with two attached hydrogens (primary N) is 1. The molecule has 0 bridgehead atoms. The zero-order valence-corrected chi connectivity index (χ0v) is 13.0. The number of rotatable bonds is 2. The highest BCUT2D eigenvalue weighted by Crippen LogP contribution is 2.29. The number of nitrogens with zero attached hydrogens (tertiary/aromatic N) is 2. The average Bonchev–Trinajstić information content (AvgIpc) is 2.91. The van der Waals surface area contributed by atoms with Crippen LogP contribution in [-0.4, -0.2) is 10.1 Å². The van der Waals surface area contributed by atoms with Crippen molar-refractivity contribution in [1.82, 2.24) is 10.1 Å². The number of aromatic nitrogens is 2. The molecule has 1 heterocycles. The van der Waals surface area contributed by atoms with Gasteiger partial charge in [-0.25, -0.2) is 0 Å². The van der Waals surface area contributed by atoms with Gasteiger partial charge in [-0.15, -0.1) is 0 Å². The molecule has 0 fully saturated rings. The smallest absolute Gasteiger partial charge is 0.260 e. The highest BCUT2D eigenvalue weighted by molar-refractivity contribution is 14.1. The summed E-state index contributed by atoms with van der Waals surface area (Å²) in [5.74, 6) is 1.02. The van der Waals surface area contributed by atoms with Crippen molar-refractivity contribution in [1.29, 1.82) is 0 Å². The third-order valence-corrected chi connectivity index (χ3v) is 3.73. The molecule has 3 rings (SSSR count). The van der Waals surface area contributed by atoms with Gasteiger partial charge < -0.3 is 10.3 Å². The van der Waals surface area contributed by atoms with Crippen molar-refractivity contribution in [3.8, 4) is 22.8 Å². The number of halogens is 1. The quantitative estimate of drug-likeness (QED) is 0.544. The first-order valence-electron chi connectivity index (χ1n) is 6.10. The van der Waals surface area contributed by atoms with Gasteiger partial charge >= 0.3 is 0 Å². The van der Waals surface area contributed by atoms with E-state index in [0.717, 1.165) is 20.3 Å². The zero-order chi connectivity index (χ0) is 14.1. The predicted molar refractivity (Wildman–Crippen MR) is 87.0 cm³/mol. The lowest BCUT2D eigenvalue weighted by Gasteiger charge is -2.00. The fourth-order valence-corrected chi connectivity index (χ4v) is 2.47. The lowest BCUT2D eigenvalue weighted by atomic mass is 10.1. The van der Waals surface area contributed by atoms with Gasteiger partial charge in [0.15, 0.2) is 0 Å². The molecule has 100 valence electrons. The summed E-state index contributed by atoms with van der Waals surface area (Å²) in [5, 5.41) is 4.05. The zero-order valence-electron chi connectivity index (χ0n) is 10.8. The number of hydrogen-bond donors (Lipinski definition) is 1.